The van der Waals surface area contributed by atoms with Gasteiger partial charge in [0.05, 0.1) is 6.54 Å². The lowest BCUT2D eigenvalue weighted by Crippen LogP contribution is -2.16. The molecule has 0 spiro atoms. The highest BCUT2D eigenvalue weighted by Gasteiger charge is 2.25. The molecule has 2 aromatic rings. The molecule has 6 heteroatoms. The molecular weight excluding hydrogens is 309 g/mol. The molecule has 1 aliphatic heterocycles. The summed E-state index contributed by atoms with van der Waals surface area (Å²) in [7, 11) is 0. The van der Waals surface area contributed by atoms with Crippen LogP contribution < -0.4 is 4.74 Å². The van der Waals surface area contributed by atoms with Gasteiger partial charge in [0, 0.05) is 26.9 Å². The van der Waals surface area contributed by atoms with Gasteiger partial charge in [-0.25, -0.2) is 0 Å². The predicted molar refractivity (Wildman–Crippen MR) is 84.0 cm³/mol. The van der Waals surface area contributed by atoms with E-state index in [1.165, 1.54) is 0 Å². The molecule has 0 saturated heterocycles. The van der Waals surface area contributed by atoms with E-state index in [-0.39, 0.29) is 6.10 Å². The van der Waals surface area contributed by atoms with Crippen LogP contribution in [0.2, 0.25) is 10.0 Å². The zero-order valence-electron chi connectivity index (χ0n) is 11.0. The molecule has 0 saturated carbocycles. The van der Waals surface area contributed by atoms with Gasteiger partial charge in [0.15, 0.2) is 0 Å². The standard InChI is InChI=1S/C15H11Cl2N3O/c16-11-4-10(5-12(17)7-11)14-3-1-2-9-6-13(8-19-20-18)21-15(9)14/h1-5,7,13H,6,8H2. The van der Waals surface area contributed by atoms with Crippen LogP contribution in [0.4, 0.5) is 0 Å². The number of hydrogen-bond acceptors (Lipinski definition) is 2. The first-order chi connectivity index (χ1) is 10.2. The highest BCUT2D eigenvalue weighted by molar-refractivity contribution is 6.35. The van der Waals surface area contributed by atoms with Crippen LogP contribution in [0.5, 0.6) is 5.75 Å². The fourth-order valence-corrected chi connectivity index (χ4v) is 3.03. The van der Waals surface area contributed by atoms with Crippen molar-refractivity contribution in [3.63, 3.8) is 0 Å². The lowest BCUT2D eigenvalue weighted by atomic mass is 10.0. The molecule has 0 bridgehead atoms. The predicted octanol–water partition coefficient (Wildman–Crippen LogP) is 5.27. The van der Waals surface area contributed by atoms with Crippen molar-refractivity contribution < 1.29 is 4.74 Å². The minimum absolute atomic E-state index is 0.119. The quantitative estimate of drug-likeness (QED) is 0.431. The third-order valence-electron chi connectivity index (χ3n) is 3.35. The van der Waals surface area contributed by atoms with Gasteiger partial charge in [-0.15, -0.1) is 0 Å². The molecule has 21 heavy (non-hydrogen) atoms. The van der Waals surface area contributed by atoms with Crippen molar-refractivity contribution in [3.05, 3.63) is 62.4 Å². The van der Waals surface area contributed by atoms with Crippen LogP contribution in [0.25, 0.3) is 21.6 Å². The molecule has 3 rings (SSSR count). The van der Waals surface area contributed by atoms with Crippen LogP contribution in [0.15, 0.2) is 41.5 Å². The Morgan fingerprint density at radius 2 is 2.00 bits per heavy atom. The molecule has 1 aliphatic rings. The third-order valence-corrected chi connectivity index (χ3v) is 3.79. The van der Waals surface area contributed by atoms with Crippen LogP contribution in [0.3, 0.4) is 0 Å². The number of fused-ring (bicyclic) bond motifs is 1. The smallest absolute Gasteiger partial charge is 0.130 e. The van der Waals surface area contributed by atoms with Crippen molar-refractivity contribution in [3.8, 4) is 16.9 Å². The summed E-state index contributed by atoms with van der Waals surface area (Å²) in [6.07, 6.45) is 0.614. The van der Waals surface area contributed by atoms with Gasteiger partial charge < -0.3 is 4.74 Å². The van der Waals surface area contributed by atoms with Gasteiger partial charge in [-0.1, -0.05) is 46.5 Å². The Balaban J connectivity index is 2.00. The number of hydrogen-bond donors (Lipinski definition) is 0. The minimum Gasteiger partial charge on any atom is -0.489 e. The SMILES string of the molecule is [N-]=[N+]=NCC1Cc2cccc(-c3cc(Cl)cc(Cl)c3)c2O1. The van der Waals surface area contributed by atoms with E-state index in [9.17, 15) is 0 Å². The van der Waals surface area contributed by atoms with Crippen LogP contribution in [-0.4, -0.2) is 12.6 Å². The van der Waals surface area contributed by atoms with Crippen LogP contribution in [0, 0.1) is 0 Å². The number of para-hydroxylation sites is 1. The van der Waals surface area contributed by atoms with Gasteiger partial charge in [-0.05, 0) is 34.9 Å². The van der Waals surface area contributed by atoms with E-state index >= 15 is 0 Å². The van der Waals surface area contributed by atoms with E-state index in [4.69, 9.17) is 33.5 Å². The van der Waals surface area contributed by atoms with Crippen molar-refractivity contribution in [2.75, 3.05) is 6.54 Å². The Hall–Kier alpha value is -1.87. The average Bonchev–Trinajstić information content (AvgIpc) is 2.86. The Kier molecular flexibility index (Phi) is 3.93. The monoisotopic (exact) mass is 319 g/mol. The van der Waals surface area contributed by atoms with Crippen molar-refractivity contribution in [2.24, 2.45) is 5.11 Å². The van der Waals surface area contributed by atoms with Crippen LogP contribution in [-0.2, 0) is 6.42 Å². The normalized spacial score (nSPS) is 16.0. The Morgan fingerprint density at radius 3 is 2.71 bits per heavy atom. The maximum Gasteiger partial charge on any atom is 0.130 e. The number of benzene rings is 2. The lowest BCUT2D eigenvalue weighted by molar-refractivity contribution is 0.242. The minimum atomic E-state index is -0.119. The molecule has 0 N–H and O–H groups in total. The molecule has 0 amide bonds. The second-order valence-corrected chi connectivity index (χ2v) is 5.68. The zero-order valence-corrected chi connectivity index (χ0v) is 12.5. The molecular formula is C15H11Cl2N3O. The first-order valence-corrected chi connectivity index (χ1v) is 7.19. The van der Waals surface area contributed by atoms with Crippen molar-refractivity contribution >= 4 is 23.2 Å². The van der Waals surface area contributed by atoms with Crippen molar-refractivity contribution in [1.29, 1.82) is 0 Å². The summed E-state index contributed by atoms with van der Waals surface area (Å²) < 4.78 is 5.92. The summed E-state index contributed by atoms with van der Waals surface area (Å²) in [5.74, 6) is 0.814. The summed E-state index contributed by atoms with van der Waals surface area (Å²) in [5, 5.41) is 4.75. The molecule has 0 radical (unpaired) electrons. The number of halogens is 2. The number of rotatable bonds is 3. The Morgan fingerprint density at radius 1 is 1.24 bits per heavy atom. The van der Waals surface area contributed by atoms with E-state index in [2.05, 4.69) is 10.0 Å². The van der Waals surface area contributed by atoms with E-state index in [1.54, 1.807) is 6.07 Å². The van der Waals surface area contributed by atoms with Crippen molar-refractivity contribution in [2.45, 2.75) is 12.5 Å². The zero-order chi connectivity index (χ0) is 14.8. The van der Waals surface area contributed by atoms with Crippen LogP contribution in [0.1, 0.15) is 5.56 Å². The topological polar surface area (TPSA) is 58.0 Å². The molecule has 106 valence electrons. The fourth-order valence-electron chi connectivity index (χ4n) is 2.50. The summed E-state index contributed by atoms with van der Waals surface area (Å²) in [5.41, 5.74) is 11.4. The van der Waals surface area contributed by atoms with Gasteiger partial charge in [-0.3, -0.25) is 0 Å². The molecule has 1 heterocycles. The second kappa shape index (κ2) is 5.86. The van der Waals surface area contributed by atoms with E-state index in [1.807, 2.05) is 30.3 Å². The van der Waals surface area contributed by atoms with Gasteiger partial charge in [-0.2, -0.15) is 0 Å². The van der Waals surface area contributed by atoms with Gasteiger partial charge >= 0.3 is 0 Å². The second-order valence-electron chi connectivity index (χ2n) is 4.81. The lowest BCUT2D eigenvalue weighted by Gasteiger charge is -2.11. The van der Waals surface area contributed by atoms with Crippen molar-refractivity contribution in [1.82, 2.24) is 0 Å². The molecule has 4 nitrogen and oxygen atoms in total. The Bertz CT molecular complexity index is 721. The summed E-state index contributed by atoms with van der Waals surface area (Å²) in [6.45, 7) is 0.320. The average molecular weight is 320 g/mol. The number of nitrogens with zero attached hydrogens (tertiary/aromatic N) is 3. The van der Waals surface area contributed by atoms with Crippen LogP contribution >= 0.6 is 23.2 Å². The summed E-state index contributed by atoms with van der Waals surface area (Å²) in [4.78, 5) is 2.78. The maximum atomic E-state index is 8.41. The first kappa shape index (κ1) is 14.1. The summed E-state index contributed by atoms with van der Waals surface area (Å²) >= 11 is 12.1. The highest BCUT2D eigenvalue weighted by Crippen LogP contribution is 2.40. The fraction of sp³-hybridized carbons (Fsp3) is 0.200. The molecule has 2 aromatic carbocycles. The van der Waals surface area contributed by atoms with E-state index in [0.717, 1.165) is 28.9 Å². The number of azide groups is 1. The molecule has 1 unspecified atom stereocenters. The summed E-state index contributed by atoms with van der Waals surface area (Å²) in [6, 6.07) is 11.4. The van der Waals surface area contributed by atoms with Gasteiger partial charge in [0.1, 0.15) is 11.9 Å². The first-order valence-electron chi connectivity index (χ1n) is 6.43. The Labute approximate surface area is 131 Å². The van der Waals surface area contributed by atoms with E-state index < -0.39 is 0 Å². The van der Waals surface area contributed by atoms with Gasteiger partial charge in [0.25, 0.3) is 0 Å². The van der Waals surface area contributed by atoms with E-state index in [0.29, 0.717) is 16.6 Å². The molecule has 0 aliphatic carbocycles. The highest BCUT2D eigenvalue weighted by atomic mass is 35.5. The molecule has 0 aromatic heterocycles. The third kappa shape index (κ3) is 2.93. The maximum absolute atomic E-state index is 8.41. The van der Waals surface area contributed by atoms with Gasteiger partial charge in [0.2, 0.25) is 0 Å². The molecule has 0 fully saturated rings. The molecule has 1 atom stereocenters. The number of ether oxygens (including phenoxy) is 1. The largest absolute Gasteiger partial charge is 0.489 e.